The number of hydrogen-bond donors (Lipinski definition) is 0. The zero-order valence-electron chi connectivity index (χ0n) is 17.0. The molecule has 2 aromatic rings. The third kappa shape index (κ3) is 5.52. The van der Waals surface area contributed by atoms with Crippen molar-refractivity contribution in [2.75, 3.05) is 18.1 Å². The molecule has 0 saturated carbocycles. The van der Waals surface area contributed by atoms with Crippen molar-refractivity contribution >= 4 is 27.3 Å². The summed E-state index contributed by atoms with van der Waals surface area (Å²) < 4.78 is 44.0. The van der Waals surface area contributed by atoms with Crippen LogP contribution in [-0.2, 0) is 16.4 Å². The van der Waals surface area contributed by atoms with Crippen molar-refractivity contribution in [1.29, 1.82) is 0 Å². The Morgan fingerprint density at radius 1 is 1.23 bits per heavy atom. The summed E-state index contributed by atoms with van der Waals surface area (Å²) in [5.41, 5.74) is 0.553. The van der Waals surface area contributed by atoms with Crippen LogP contribution < -0.4 is 4.74 Å². The van der Waals surface area contributed by atoms with Crippen LogP contribution in [0, 0.1) is 11.7 Å². The lowest BCUT2D eigenvalue weighted by Gasteiger charge is -2.29. The van der Waals surface area contributed by atoms with E-state index < -0.39 is 21.7 Å². The molecule has 1 amide bonds. The van der Waals surface area contributed by atoms with Crippen molar-refractivity contribution in [3.05, 3.63) is 64.4 Å². The first-order valence-electron chi connectivity index (χ1n) is 9.83. The molecule has 3 rings (SSSR count). The SMILES string of the molecule is CC(C)COc1ccc(C(=O)N(Cc2c(F)cccc2Cl)[C@@H]2CCS(=O)(=O)C2)cc1. The number of carbonyl (C=O) groups is 1. The number of hydrogen-bond acceptors (Lipinski definition) is 4. The number of carbonyl (C=O) groups excluding carboxylic acids is 1. The molecule has 0 aliphatic carbocycles. The first kappa shape index (κ1) is 22.6. The van der Waals surface area contributed by atoms with E-state index in [0.29, 0.717) is 30.3 Å². The average molecular weight is 454 g/mol. The molecule has 8 heteroatoms. The molecule has 162 valence electrons. The fourth-order valence-electron chi connectivity index (χ4n) is 3.36. The highest BCUT2D eigenvalue weighted by Crippen LogP contribution is 2.27. The Bertz CT molecular complexity index is 988. The van der Waals surface area contributed by atoms with E-state index in [1.165, 1.54) is 17.0 Å². The molecular weight excluding hydrogens is 429 g/mol. The van der Waals surface area contributed by atoms with Crippen LogP contribution in [0.15, 0.2) is 42.5 Å². The minimum absolute atomic E-state index is 0.00836. The Hall–Kier alpha value is -2.12. The summed E-state index contributed by atoms with van der Waals surface area (Å²) >= 11 is 6.16. The fourth-order valence-corrected chi connectivity index (χ4v) is 5.32. The summed E-state index contributed by atoms with van der Waals surface area (Å²) in [6.07, 6.45) is 0.315. The van der Waals surface area contributed by atoms with Gasteiger partial charge in [-0.05, 0) is 48.7 Å². The number of amides is 1. The molecule has 1 fully saturated rings. The maximum absolute atomic E-state index is 14.4. The molecule has 1 aliphatic rings. The van der Waals surface area contributed by atoms with Gasteiger partial charge in [-0.2, -0.15) is 0 Å². The number of sulfone groups is 1. The van der Waals surface area contributed by atoms with E-state index >= 15 is 0 Å². The predicted molar refractivity (Wildman–Crippen MR) is 115 cm³/mol. The van der Waals surface area contributed by atoms with Gasteiger partial charge >= 0.3 is 0 Å². The van der Waals surface area contributed by atoms with Crippen molar-refractivity contribution in [3.8, 4) is 5.75 Å². The molecule has 5 nitrogen and oxygen atoms in total. The monoisotopic (exact) mass is 453 g/mol. The molecule has 1 atom stereocenters. The zero-order chi connectivity index (χ0) is 21.9. The molecule has 0 spiro atoms. The Balaban J connectivity index is 1.87. The molecule has 2 aromatic carbocycles. The van der Waals surface area contributed by atoms with Crippen LogP contribution in [0.5, 0.6) is 5.75 Å². The fraction of sp³-hybridized carbons (Fsp3) is 0.409. The molecule has 0 bridgehead atoms. The van der Waals surface area contributed by atoms with E-state index in [2.05, 4.69) is 0 Å². The molecule has 1 heterocycles. The quantitative estimate of drug-likeness (QED) is 0.625. The summed E-state index contributed by atoms with van der Waals surface area (Å²) in [6.45, 7) is 4.54. The molecule has 30 heavy (non-hydrogen) atoms. The van der Waals surface area contributed by atoms with Gasteiger partial charge in [0.2, 0.25) is 0 Å². The smallest absolute Gasteiger partial charge is 0.254 e. The molecule has 0 unspecified atom stereocenters. The van der Waals surface area contributed by atoms with Crippen molar-refractivity contribution in [1.82, 2.24) is 4.90 Å². The van der Waals surface area contributed by atoms with E-state index in [4.69, 9.17) is 16.3 Å². The summed E-state index contributed by atoms with van der Waals surface area (Å²) in [5.74, 6) is -0.0103. The van der Waals surface area contributed by atoms with Crippen molar-refractivity contribution in [2.45, 2.75) is 32.9 Å². The van der Waals surface area contributed by atoms with Gasteiger partial charge in [-0.1, -0.05) is 31.5 Å². The van der Waals surface area contributed by atoms with E-state index in [9.17, 15) is 17.6 Å². The van der Waals surface area contributed by atoms with Gasteiger partial charge in [0, 0.05) is 22.2 Å². The van der Waals surface area contributed by atoms with Crippen molar-refractivity contribution in [3.63, 3.8) is 0 Å². The topological polar surface area (TPSA) is 63.7 Å². The average Bonchev–Trinajstić information content (AvgIpc) is 3.05. The second-order valence-corrected chi connectivity index (χ2v) is 10.6. The van der Waals surface area contributed by atoms with Crippen LogP contribution in [0.2, 0.25) is 5.02 Å². The number of ether oxygens (including phenoxy) is 1. The minimum Gasteiger partial charge on any atom is -0.493 e. The van der Waals surface area contributed by atoms with Crippen LogP contribution in [0.1, 0.15) is 36.2 Å². The Morgan fingerprint density at radius 3 is 2.50 bits per heavy atom. The van der Waals surface area contributed by atoms with Crippen LogP contribution >= 0.6 is 11.6 Å². The Morgan fingerprint density at radius 2 is 1.93 bits per heavy atom. The van der Waals surface area contributed by atoms with Crippen molar-refractivity contribution in [2.24, 2.45) is 5.92 Å². The second kappa shape index (κ2) is 9.35. The first-order chi connectivity index (χ1) is 14.2. The lowest BCUT2D eigenvalue weighted by atomic mass is 10.1. The van der Waals surface area contributed by atoms with Gasteiger partial charge in [0.1, 0.15) is 11.6 Å². The molecular formula is C22H25ClFNO4S. The van der Waals surface area contributed by atoms with Gasteiger partial charge in [0.05, 0.1) is 24.7 Å². The number of halogens is 2. The Kier molecular flexibility index (Phi) is 7.03. The van der Waals surface area contributed by atoms with Crippen LogP contribution in [0.4, 0.5) is 4.39 Å². The molecule has 0 aromatic heterocycles. The second-order valence-electron chi connectivity index (χ2n) is 7.92. The van der Waals surface area contributed by atoms with Crippen LogP contribution in [0.3, 0.4) is 0 Å². The van der Waals surface area contributed by atoms with E-state index in [-0.39, 0.29) is 34.5 Å². The van der Waals surface area contributed by atoms with Gasteiger partial charge in [-0.3, -0.25) is 4.79 Å². The maximum atomic E-state index is 14.4. The molecule has 0 N–H and O–H groups in total. The molecule has 1 saturated heterocycles. The highest BCUT2D eigenvalue weighted by Gasteiger charge is 2.35. The van der Waals surface area contributed by atoms with Crippen LogP contribution in [-0.4, -0.2) is 43.4 Å². The molecule has 0 radical (unpaired) electrons. The molecule has 1 aliphatic heterocycles. The third-order valence-corrected chi connectivity index (χ3v) is 7.09. The third-order valence-electron chi connectivity index (χ3n) is 4.98. The summed E-state index contributed by atoms with van der Waals surface area (Å²) in [4.78, 5) is 14.7. The van der Waals surface area contributed by atoms with Gasteiger partial charge in [-0.15, -0.1) is 0 Å². The van der Waals surface area contributed by atoms with Crippen LogP contribution in [0.25, 0.3) is 0 Å². The summed E-state index contributed by atoms with van der Waals surface area (Å²) in [6, 6.07) is 10.5. The number of rotatable bonds is 7. The lowest BCUT2D eigenvalue weighted by molar-refractivity contribution is 0.0679. The van der Waals surface area contributed by atoms with Crippen molar-refractivity contribution < 1.29 is 22.3 Å². The van der Waals surface area contributed by atoms with E-state index in [0.717, 1.165) is 0 Å². The standard InChI is InChI=1S/C22H25ClFNO4S/c1-15(2)13-29-18-8-6-16(7-9-18)22(26)25(17-10-11-30(27,28)14-17)12-19-20(23)4-3-5-21(19)24/h3-9,15,17H,10-14H2,1-2H3/t17-/m1/s1. The maximum Gasteiger partial charge on any atom is 0.254 e. The van der Waals surface area contributed by atoms with E-state index in [1.807, 2.05) is 13.8 Å². The Labute approximate surface area is 181 Å². The number of nitrogens with zero attached hydrogens (tertiary/aromatic N) is 1. The minimum atomic E-state index is -3.23. The largest absolute Gasteiger partial charge is 0.493 e. The zero-order valence-corrected chi connectivity index (χ0v) is 18.5. The highest BCUT2D eigenvalue weighted by molar-refractivity contribution is 7.91. The lowest BCUT2D eigenvalue weighted by Crippen LogP contribution is -2.41. The predicted octanol–water partition coefficient (Wildman–Crippen LogP) is 4.34. The summed E-state index contributed by atoms with van der Waals surface area (Å²) in [5, 5.41) is 0.200. The van der Waals surface area contributed by atoms with Gasteiger partial charge in [0.25, 0.3) is 5.91 Å². The van der Waals surface area contributed by atoms with Gasteiger partial charge < -0.3 is 9.64 Å². The van der Waals surface area contributed by atoms with Gasteiger partial charge in [-0.25, -0.2) is 12.8 Å². The van der Waals surface area contributed by atoms with Gasteiger partial charge in [0.15, 0.2) is 9.84 Å². The van der Waals surface area contributed by atoms with E-state index in [1.54, 1.807) is 30.3 Å². The summed E-state index contributed by atoms with van der Waals surface area (Å²) in [7, 11) is -3.23. The highest BCUT2D eigenvalue weighted by atomic mass is 35.5. The number of benzene rings is 2. The normalized spacial score (nSPS) is 17.8. The first-order valence-corrected chi connectivity index (χ1v) is 12.0.